The number of nitrogens with zero attached hydrogens (tertiary/aromatic N) is 1. The highest BCUT2D eigenvalue weighted by Gasteiger charge is 2.34. The molecule has 2 heterocycles. The Hall–Kier alpha value is -2.84. The number of fused-ring (bicyclic) bond motifs is 1. The minimum Gasteiger partial charge on any atom is -0.466 e. The number of pyridine rings is 1. The summed E-state index contributed by atoms with van der Waals surface area (Å²) in [7, 11) is 1.20. The minimum atomic E-state index is -4.59. The molecular formula is C15H13F3N2O4. The predicted octanol–water partition coefficient (Wildman–Crippen LogP) is 2.61. The largest absolute Gasteiger partial charge is 0.466 e. The fraction of sp³-hybridized carbons (Fsp3) is 0.267. The number of aryl methyl sites for hydroxylation is 1. The number of methoxy groups -OCH3 is 1. The molecule has 0 aliphatic carbocycles. The van der Waals surface area contributed by atoms with Crippen molar-refractivity contribution in [3.63, 3.8) is 0 Å². The highest BCUT2D eigenvalue weighted by atomic mass is 19.4. The third-order valence-electron chi connectivity index (χ3n) is 3.00. The molecule has 0 radical (unpaired) electrons. The topological polar surface area (TPSA) is 81.4 Å². The van der Waals surface area contributed by atoms with Crippen molar-refractivity contribution < 1.29 is 31.9 Å². The van der Waals surface area contributed by atoms with Gasteiger partial charge in [0.1, 0.15) is 0 Å². The summed E-state index contributed by atoms with van der Waals surface area (Å²) in [5, 5.41) is 2.09. The van der Waals surface area contributed by atoms with Gasteiger partial charge >= 0.3 is 12.1 Å². The summed E-state index contributed by atoms with van der Waals surface area (Å²) >= 11 is 0. The van der Waals surface area contributed by atoms with Crippen LogP contribution in [0.2, 0.25) is 0 Å². The standard InChI is InChI=1S/C15H13F3N2O4/c1-8-6-10(15(16,17)18)9-7-11(24-14(9)20-8)13(22)19-5-3-4-12(21)23-2/h3-4,6-7H,5H2,1-2H3,(H,19,22)/b4-3+. The maximum absolute atomic E-state index is 13.0. The zero-order chi connectivity index (χ0) is 17.9. The quantitative estimate of drug-likeness (QED) is 0.682. The molecule has 0 saturated carbocycles. The van der Waals surface area contributed by atoms with E-state index in [9.17, 15) is 22.8 Å². The van der Waals surface area contributed by atoms with E-state index in [1.54, 1.807) is 0 Å². The first-order valence-corrected chi connectivity index (χ1v) is 6.73. The first kappa shape index (κ1) is 17.5. The van der Waals surface area contributed by atoms with Crippen molar-refractivity contribution in [2.45, 2.75) is 13.1 Å². The molecule has 9 heteroatoms. The Morgan fingerprint density at radius 2 is 2.08 bits per heavy atom. The van der Waals surface area contributed by atoms with Gasteiger partial charge in [-0.25, -0.2) is 9.78 Å². The third kappa shape index (κ3) is 3.92. The van der Waals surface area contributed by atoms with Crippen LogP contribution < -0.4 is 5.32 Å². The lowest BCUT2D eigenvalue weighted by atomic mass is 10.1. The highest BCUT2D eigenvalue weighted by molar-refractivity contribution is 5.96. The van der Waals surface area contributed by atoms with Gasteiger partial charge in [-0.3, -0.25) is 4.79 Å². The molecule has 1 amide bonds. The number of amides is 1. The molecule has 2 aromatic rings. The van der Waals surface area contributed by atoms with E-state index in [0.717, 1.165) is 18.2 Å². The van der Waals surface area contributed by atoms with Crippen LogP contribution in [0.15, 0.2) is 28.7 Å². The zero-order valence-electron chi connectivity index (χ0n) is 12.7. The Morgan fingerprint density at radius 1 is 1.38 bits per heavy atom. The van der Waals surface area contributed by atoms with Gasteiger partial charge in [-0.15, -0.1) is 0 Å². The van der Waals surface area contributed by atoms with Crippen molar-refractivity contribution in [2.24, 2.45) is 0 Å². The maximum Gasteiger partial charge on any atom is 0.417 e. The molecule has 6 nitrogen and oxygen atoms in total. The lowest BCUT2D eigenvalue weighted by Crippen LogP contribution is -2.22. The number of rotatable bonds is 4. The van der Waals surface area contributed by atoms with Gasteiger partial charge in [0.2, 0.25) is 5.71 Å². The number of esters is 1. The fourth-order valence-electron chi connectivity index (χ4n) is 1.94. The molecular weight excluding hydrogens is 329 g/mol. The number of ether oxygens (including phenoxy) is 1. The molecule has 1 N–H and O–H groups in total. The van der Waals surface area contributed by atoms with Gasteiger partial charge in [0.25, 0.3) is 5.91 Å². The molecule has 0 aliphatic rings. The van der Waals surface area contributed by atoms with Gasteiger partial charge in [-0.05, 0) is 19.1 Å². The molecule has 2 rings (SSSR count). The average molecular weight is 342 g/mol. The molecule has 128 valence electrons. The Morgan fingerprint density at radius 3 is 2.71 bits per heavy atom. The van der Waals surface area contributed by atoms with Crippen LogP contribution in [-0.4, -0.2) is 30.5 Å². The van der Waals surface area contributed by atoms with Crippen molar-refractivity contribution >= 4 is 23.0 Å². The van der Waals surface area contributed by atoms with Crippen LogP contribution in [0.3, 0.4) is 0 Å². The van der Waals surface area contributed by atoms with E-state index in [1.807, 2.05) is 0 Å². The van der Waals surface area contributed by atoms with E-state index in [1.165, 1.54) is 20.1 Å². The first-order chi connectivity index (χ1) is 11.2. The van der Waals surface area contributed by atoms with Crippen LogP contribution in [0.25, 0.3) is 11.1 Å². The van der Waals surface area contributed by atoms with E-state index in [2.05, 4.69) is 15.0 Å². The van der Waals surface area contributed by atoms with Gasteiger partial charge in [-0.1, -0.05) is 6.08 Å². The van der Waals surface area contributed by atoms with Crippen LogP contribution >= 0.6 is 0 Å². The van der Waals surface area contributed by atoms with Gasteiger partial charge in [0, 0.05) is 18.3 Å². The van der Waals surface area contributed by atoms with Crippen molar-refractivity contribution in [2.75, 3.05) is 13.7 Å². The number of carbonyl (C=O) groups is 2. The van der Waals surface area contributed by atoms with Crippen LogP contribution in [0.1, 0.15) is 21.8 Å². The molecule has 0 fully saturated rings. The van der Waals surface area contributed by atoms with Crippen LogP contribution in [0, 0.1) is 6.92 Å². The maximum atomic E-state index is 13.0. The summed E-state index contributed by atoms with van der Waals surface area (Å²) in [6, 6.07) is 1.88. The Bertz CT molecular complexity index is 809. The molecule has 0 aliphatic heterocycles. The predicted molar refractivity (Wildman–Crippen MR) is 77.2 cm³/mol. The monoisotopic (exact) mass is 342 g/mol. The second-order valence-electron chi connectivity index (χ2n) is 4.77. The zero-order valence-corrected chi connectivity index (χ0v) is 12.7. The van der Waals surface area contributed by atoms with E-state index in [-0.39, 0.29) is 29.1 Å². The normalized spacial score (nSPS) is 11.9. The summed E-state index contributed by atoms with van der Waals surface area (Å²) in [5.41, 5.74) is -1.06. The molecule has 0 spiro atoms. The van der Waals surface area contributed by atoms with Gasteiger partial charge < -0.3 is 14.5 Å². The van der Waals surface area contributed by atoms with Crippen molar-refractivity contribution in [3.8, 4) is 0 Å². The molecule has 0 bridgehead atoms. The van der Waals surface area contributed by atoms with Crippen molar-refractivity contribution in [3.05, 3.63) is 41.3 Å². The summed E-state index contributed by atoms with van der Waals surface area (Å²) in [4.78, 5) is 26.6. The lowest BCUT2D eigenvalue weighted by molar-refractivity contribution is -0.136. The number of hydrogen-bond acceptors (Lipinski definition) is 5. The molecule has 0 atom stereocenters. The highest BCUT2D eigenvalue weighted by Crippen LogP contribution is 2.35. The molecule has 24 heavy (non-hydrogen) atoms. The number of nitrogens with one attached hydrogen (secondary N) is 1. The summed E-state index contributed by atoms with van der Waals surface area (Å²) < 4.78 is 48.6. The number of aromatic nitrogens is 1. The molecule has 0 unspecified atom stereocenters. The Kier molecular flexibility index (Phi) is 4.91. The number of carbonyl (C=O) groups excluding carboxylic acids is 2. The van der Waals surface area contributed by atoms with E-state index in [0.29, 0.717) is 0 Å². The smallest absolute Gasteiger partial charge is 0.417 e. The minimum absolute atomic E-state index is 0.0242. The van der Waals surface area contributed by atoms with E-state index < -0.39 is 23.6 Å². The van der Waals surface area contributed by atoms with E-state index >= 15 is 0 Å². The van der Waals surface area contributed by atoms with Crippen LogP contribution in [-0.2, 0) is 15.7 Å². The van der Waals surface area contributed by atoms with Crippen LogP contribution in [0.5, 0.6) is 0 Å². The second kappa shape index (κ2) is 6.73. The number of halogens is 3. The lowest BCUT2D eigenvalue weighted by Gasteiger charge is -2.07. The summed E-state index contributed by atoms with van der Waals surface area (Å²) in [6.07, 6.45) is -2.16. The van der Waals surface area contributed by atoms with Crippen molar-refractivity contribution in [1.82, 2.24) is 10.3 Å². The summed E-state index contributed by atoms with van der Waals surface area (Å²) in [6.45, 7) is 1.37. The third-order valence-corrected chi connectivity index (χ3v) is 3.00. The molecule has 2 aromatic heterocycles. The number of alkyl halides is 3. The Labute approximate surface area is 134 Å². The Balaban J connectivity index is 2.23. The fourth-order valence-corrected chi connectivity index (χ4v) is 1.94. The summed E-state index contributed by atoms with van der Waals surface area (Å²) in [5.74, 6) is -1.63. The SMILES string of the molecule is COC(=O)/C=C/CNC(=O)c1cc2c(C(F)(F)F)cc(C)nc2o1. The average Bonchev–Trinajstić information content (AvgIpc) is 2.92. The molecule has 0 aromatic carbocycles. The number of hydrogen-bond donors (Lipinski definition) is 1. The van der Waals surface area contributed by atoms with Gasteiger partial charge in [0.05, 0.1) is 18.1 Å². The van der Waals surface area contributed by atoms with E-state index in [4.69, 9.17) is 4.42 Å². The van der Waals surface area contributed by atoms with Crippen LogP contribution in [0.4, 0.5) is 13.2 Å². The van der Waals surface area contributed by atoms with Crippen molar-refractivity contribution in [1.29, 1.82) is 0 Å². The number of furan rings is 1. The first-order valence-electron chi connectivity index (χ1n) is 6.73. The second-order valence-corrected chi connectivity index (χ2v) is 4.77. The van der Waals surface area contributed by atoms with Gasteiger partial charge in [-0.2, -0.15) is 13.2 Å². The van der Waals surface area contributed by atoms with Gasteiger partial charge in [0.15, 0.2) is 5.76 Å². The molecule has 0 saturated heterocycles.